The van der Waals surface area contributed by atoms with Crippen LogP contribution in [0.25, 0.3) is 0 Å². The number of anilines is 2. The number of carbonyl (C=O) groups is 2. The zero-order valence-corrected chi connectivity index (χ0v) is 14.5. The van der Waals surface area contributed by atoms with E-state index in [2.05, 4.69) is 10.6 Å². The van der Waals surface area contributed by atoms with Crippen molar-refractivity contribution in [2.45, 2.75) is 0 Å². The van der Waals surface area contributed by atoms with Crippen LogP contribution >= 0.6 is 11.6 Å². The zero-order chi connectivity index (χ0) is 18.4. The van der Waals surface area contributed by atoms with Crippen molar-refractivity contribution in [3.63, 3.8) is 0 Å². The maximum Gasteiger partial charge on any atom is 0.248 e. The summed E-state index contributed by atoms with van der Waals surface area (Å²) < 4.78 is 10.3. The second-order valence-electron chi connectivity index (χ2n) is 5.03. The first-order valence-electron chi connectivity index (χ1n) is 7.29. The number of methoxy groups -OCH3 is 2. The molecule has 0 saturated heterocycles. The van der Waals surface area contributed by atoms with Gasteiger partial charge >= 0.3 is 0 Å². The van der Waals surface area contributed by atoms with Gasteiger partial charge in [0.1, 0.15) is 11.5 Å². The number of primary amides is 1. The van der Waals surface area contributed by atoms with Crippen molar-refractivity contribution in [2.75, 3.05) is 31.4 Å². The molecule has 0 unspecified atom stereocenters. The van der Waals surface area contributed by atoms with E-state index in [0.717, 1.165) is 0 Å². The number of amides is 2. The summed E-state index contributed by atoms with van der Waals surface area (Å²) in [6, 6.07) is 9.64. The first kappa shape index (κ1) is 18.4. The van der Waals surface area contributed by atoms with Crippen LogP contribution in [0.5, 0.6) is 11.5 Å². The second-order valence-corrected chi connectivity index (χ2v) is 5.44. The van der Waals surface area contributed by atoms with Crippen LogP contribution in [0.4, 0.5) is 11.4 Å². The fourth-order valence-corrected chi connectivity index (χ4v) is 2.32. The molecule has 2 aromatic carbocycles. The maximum atomic E-state index is 12.1. The van der Waals surface area contributed by atoms with E-state index in [0.29, 0.717) is 33.5 Å². The zero-order valence-electron chi connectivity index (χ0n) is 13.8. The second kappa shape index (κ2) is 8.25. The van der Waals surface area contributed by atoms with Crippen molar-refractivity contribution in [1.29, 1.82) is 0 Å². The highest BCUT2D eigenvalue weighted by atomic mass is 35.5. The van der Waals surface area contributed by atoms with Gasteiger partial charge in [0, 0.05) is 23.4 Å². The molecule has 7 nitrogen and oxygen atoms in total. The minimum Gasteiger partial charge on any atom is -0.495 e. The van der Waals surface area contributed by atoms with Gasteiger partial charge in [-0.3, -0.25) is 9.59 Å². The van der Waals surface area contributed by atoms with E-state index in [4.69, 9.17) is 26.8 Å². The molecule has 25 heavy (non-hydrogen) atoms. The van der Waals surface area contributed by atoms with Gasteiger partial charge in [-0.25, -0.2) is 0 Å². The van der Waals surface area contributed by atoms with E-state index < -0.39 is 5.91 Å². The van der Waals surface area contributed by atoms with Gasteiger partial charge in [-0.2, -0.15) is 0 Å². The summed E-state index contributed by atoms with van der Waals surface area (Å²) in [5.41, 5.74) is 6.70. The van der Waals surface area contributed by atoms with Crippen molar-refractivity contribution >= 4 is 34.8 Å². The molecule has 4 N–H and O–H groups in total. The summed E-state index contributed by atoms with van der Waals surface area (Å²) in [4.78, 5) is 23.2. The predicted molar refractivity (Wildman–Crippen MR) is 96.6 cm³/mol. The number of rotatable bonds is 7. The Morgan fingerprint density at radius 2 is 1.72 bits per heavy atom. The van der Waals surface area contributed by atoms with Crippen LogP contribution in [0.15, 0.2) is 36.4 Å². The molecule has 0 saturated carbocycles. The van der Waals surface area contributed by atoms with Crippen LogP contribution in [0.2, 0.25) is 5.02 Å². The molecule has 132 valence electrons. The lowest BCUT2D eigenvalue weighted by Crippen LogP contribution is -2.22. The molecule has 2 amide bonds. The van der Waals surface area contributed by atoms with E-state index in [9.17, 15) is 9.59 Å². The van der Waals surface area contributed by atoms with Crippen molar-refractivity contribution < 1.29 is 19.1 Å². The third kappa shape index (κ3) is 4.77. The molecular formula is C17H18ClN3O4. The lowest BCUT2D eigenvalue weighted by molar-refractivity contribution is -0.114. The van der Waals surface area contributed by atoms with Crippen LogP contribution in [-0.2, 0) is 4.79 Å². The number of carbonyl (C=O) groups excluding carboxylic acids is 2. The van der Waals surface area contributed by atoms with Gasteiger partial charge in [-0.15, -0.1) is 0 Å². The van der Waals surface area contributed by atoms with E-state index in [-0.39, 0.29) is 12.5 Å². The number of ether oxygens (including phenoxy) is 2. The Morgan fingerprint density at radius 3 is 2.28 bits per heavy atom. The molecule has 0 aliphatic heterocycles. The van der Waals surface area contributed by atoms with Crippen molar-refractivity contribution in [3.05, 3.63) is 47.0 Å². The summed E-state index contributed by atoms with van der Waals surface area (Å²) in [5, 5.41) is 6.05. The molecule has 2 aromatic rings. The van der Waals surface area contributed by atoms with Crippen LogP contribution in [0.1, 0.15) is 10.4 Å². The monoisotopic (exact) mass is 363 g/mol. The highest BCUT2D eigenvalue weighted by molar-refractivity contribution is 6.32. The van der Waals surface area contributed by atoms with E-state index >= 15 is 0 Å². The van der Waals surface area contributed by atoms with Crippen LogP contribution < -0.4 is 25.8 Å². The largest absolute Gasteiger partial charge is 0.495 e. The summed E-state index contributed by atoms with van der Waals surface area (Å²) in [5.74, 6) is 0.0486. The van der Waals surface area contributed by atoms with Gasteiger partial charge < -0.3 is 25.8 Å². The van der Waals surface area contributed by atoms with Crippen molar-refractivity contribution in [1.82, 2.24) is 0 Å². The predicted octanol–water partition coefficient (Wildman–Crippen LogP) is 2.51. The van der Waals surface area contributed by atoms with Crippen LogP contribution in [0.3, 0.4) is 0 Å². The fraction of sp³-hybridized carbons (Fsp3) is 0.176. The Labute approximate surface area is 150 Å². The van der Waals surface area contributed by atoms with E-state index in [1.807, 2.05) is 0 Å². The Morgan fingerprint density at radius 1 is 1.08 bits per heavy atom. The normalized spacial score (nSPS) is 10.0. The van der Waals surface area contributed by atoms with Gasteiger partial charge in [0.05, 0.1) is 31.5 Å². The molecule has 2 rings (SSSR count). The standard InChI is InChI=1S/C17H18ClN3O4/c1-24-14-8-13(15(25-2)7-12(14)18)21-16(22)9-20-11-5-3-10(4-6-11)17(19)23/h3-8,20H,9H2,1-2H3,(H2,19,23)(H,21,22). The number of halogens is 1. The van der Waals surface area contributed by atoms with Gasteiger partial charge in [0.2, 0.25) is 11.8 Å². The minimum absolute atomic E-state index is 0.0179. The Kier molecular flexibility index (Phi) is 6.08. The van der Waals surface area contributed by atoms with Crippen molar-refractivity contribution in [2.24, 2.45) is 5.73 Å². The summed E-state index contributed by atoms with van der Waals surface area (Å²) in [6.07, 6.45) is 0. The first-order valence-corrected chi connectivity index (χ1v) is 7.67. The van der Waals surface area contributed by atoms with Gasteiger partial charge in [0.15, 0.2) is 0 Å². The Hall–Kier alpha value is -2.93. The third-order valence-electron chi connectivity index (χ3n) is 3.37. The van der Waals surface area contributed by atoms with Crippen LogP contribution in [-0.4, -0.2) is 32.6 Å². The molecule has 0 spiro atoms. The highest BCUT2D eigenvalue weighted by Crippen LogP contribution is 2.35. The quantitative estimate of drug-likeness (QED) is 0.701. The number of nitrogens with one attached hydrogen (secondary N) is 2. The Bertz CT molecular complexity index is 778. The minimum atomic E-state index is -0.506. The summed E-state index contributed by atoms with van der Waals surface area (Å²) >= 11 is 6.03. The molecule has 0 bridgehead atoms. The van der Waals surface area contributed by atoms with E-state index in [1.165, 1.54) is 14.2 Å². The summed E-state index contributed by atoms with van der Waals surface area (Å²) in [6.45, 7) is 0.0179. The van der Waals surface area contributed by atoms with Gasteiger partial charge in [0.25, 0.3) is 0 Å². The highest BCUT2D eigenvalue weighted by Gasteiger charge is 2.12. The molecular weight excluding hydrogens is 346 g/mol. The number of benzene rings is 2. The molecule has 8 heteroatoms. The van der Waals surface area contributed by atoms with E-state index in [1.54, 1.807) is 36.4 Å². The smallest absolute Gasteiger partial charge is 0.248 e. The topological polar surface area (TPSA) is 103 Å². The lowest BCUT2D eigenvalue weighted by atomic mass is 10.2. The van der Waals surface area contributed by atoms with Gasteiger partial charge in [-0.1, -0.05) is 11.6 Å². The lowest BCUT2D eigenvalue weighted by Gasteiger charge is -2.13. The van der Waals surface area contributed by atoms with Crippen molar-refractivity contribution in [3.8, 4) is 11.5 Å². The molecule has 0 atom stereocenters. The number of hydrogen-bond acceptors (Lipinski definition) is 5. The molecule has 0 radical (unpaired) electrons. The number of hydrogen-bond donors (Lipinski definition) is 3. The third-order valence-corrected chi connectivity index (χ3v) is 3.67. The molecule has 0 aliphatic carbocycles. The molecule has 0 fully saturated rings. The molecule has 0 aliphatic rings. The SMILES string of the molecule is COc1cc(NC(=O)CNc2ccc(C(N)=O)cc2)c(OC)cc1Cl. The number of nitrogens with two attached hydrogens (primary N) is 1. The molecule has 0 aromatic heterocycles. The Balaban J connectivity index is 2.01. The average molecular weight is 364 g/mol. The molecule has 0 heterocycles. The van der Waals surface area contributed by atoms with Gasteiger partial charge in [-0.05, 0) is 24.3 Å². The average Bonchev–Trinajstić information content (AvgIpc) is 2.61. The summed E-state index contributed by atoms with van der Waals surface area (Å²) in [7, 11) is 2.96. The fourth-order valence-electron chi connectivity index (χ4n) is 2.09. The maximum absolute atomic E-state index is 12.1. The first-order chi connectivity index (χ1) is 11.9. The van der Waals surface area contributed by atoms with Crippen LogP contribution in [0, 0.1) is 0 Å².